The molecule has 0 atom stereocenters. The number of fused-ring (bicyclic) bond motifs is 1. The summed E-state index contributed by atoms with van der Waals surface area (Å²) in [4.78, 5) is 34.8. The van der Waals surface area contributed by atoms with Crippen molar-refractivity contribution in [1.29, 1.82) is 0 Å². The summed E-state index contributed by atoms with van der Waals surface area (Å²) in [5.74, 6) is 0.253. The van der Waals surface area contributed by atoms with Crippen molar-refractivity contribution >= 4 is 46.6 Å². The lowest BCUT2D eigenvalue weighted by Gasteiger charge is -2.08. The Kier molecular flexibility index (Phi) is 4.50. The average Bonchev–Trinajstić information content (AvgIpc) is 2.98. The summed E-state index contributed by atoms with van der Waals surface area (Å²) in [6.07, 6.45) is 1.54. The van der Waals surface area contributed by atoms with Gasteiger partial charge in [-0.1, -0.05) is 35.3 Å². The molecule has 2 aromatic carbocycles. The van der Waals surface area contributed by atoms with E-state index in [0.29, 0.717) is 16.3 Å². The van der Waals surface area contributed by atoms with E-state index >= 15 is 0 Å². The highest BCUT2D eigenvalue weighted by Crippen LogP contribution is 2.29. The standard InChI is InChI=1S/C18H10Cl2N5O3/c19-10-4-5-13(12(20)7-10)25-17-14(22-18(25)28)16(21-8-26)23-15(24-17)9-2-1-3-11(27)6-9/h1-7,27H,(H,22,28)(H,21,23,24,26). The summed E-state index contributed by atoms with van der Waals surface area (Å²) in [5, 5.41) is 12.7. The van der Waals surface area contributed by atoms with Gasteiger partial charge in [0.2, 0.25) is 0 Å². The zero-order valence-electron chi connectivity index (χ0n) is 13.9. The van der Waals surface area contributed by atoms with Gasteiger partial charge in [-0.05, 0) is 30.3 Å². The van der Waals surface area contributed by atoms with E-state index in [1.165, 1.54) is 29.2 Å². The smallest absolute Gasteiger partial charge is 0.332 e. The van der Waals surface area contributed by atoms with Crippen LogP contribution in [0.4, 0.5) is 5.82 Å². The number of nitrogens with zero attached hydrogens (tertiary/aromatic N) is 3. The Bertz CT molecular complexity index is 1280. The van der Waals surface area contributed by atoms with Crippen LogP contribution in [0.5, 0.6) is 5.75 Å². The van der Waals surface area contributed by atoms with Crippen molar-refractivity contribution in [3.63, 3.8) is 0 Å². The first-order valence-corrected chi connectivity index (χ1v) is 8.64. The molecule has 0 saturated heterocycles. The van der Waals surface area contributed by atoms with Gasteiger partial charge in [-0.2, -0.15) is 0 Å². The molecule has 8 nitrogen and oxygen atoms in total. The van der Waals surface area contributed by atoms with Crippen LogP contribution in [-0.2, 0) is 4.79 Å². The Labute approximate surface area is 167 Å². The zero-order valence-corrected chi connectivity index (χ0v) is 15.4. The van der Waals surface area contributed by atoms with Crippen LogP contribution in [-0.4, -0.2) is 31.0 Å². The number of aromatic hydroxyl groups is 1. The zero-order chi connectivity index (χ0) is 19.8. The molecule has 0 saturated carbocycles. The Morgan fingerprint density at radius 2 is 1.96 bits per heavy atom. The molecular weight excluding hydrogens is 405 g/mol. The number of benzene rings is 2. The van der Waals surface area contributed by atoms with Gasteiger partial charge in [0.25, 0.3) is 0 Å². The monoisotopic (exact) mass is 414 g/mol. The SMILES string of the molecule is O=[C]Nc1nc(-c2cccc(O)c2)nc2c1[nH]c(=O)n2-c1ccc(Cl)cc1Cl. The largest absolute Gasteiger partial charge is 0.508 e. The molecule has 1 amide bonds. The van der Waals surface area contributed by atoms with Gasteiger partial charge in [-0.15, -0.1) is 0 Å². The van der Waals surface area contributed by atoms with Crippen LogP contribution < -0.4 is 11.0 Å². The lowest BCUT2D eigenvalue weighted by atomic mass is 10.2. The number of anilines is 1. The first kappa shape index (κ1) is 18.0. The fourth-order valence-corrected chi connectivity index (χ4v) is 3.28. The minimum Gasteiger partial charge on any atom is -0.508 e. The van der Waals surface area contributed by atoms with E-state index in [9.17, 15) is 14.7 Å². The molecule has 0 spiro atoms. The normalized spacial score (nSPS) is 10.9. The molecule has 0 bridgehead atoms. The average molecular weight is 415 g/mol. The third kappa shape index (κ3) is 3.08. The number of amides is 1. The molecule has 0 unspecified atom stereocenters. The number of carbonyl (C=O) groups excluding carboxylic acids is 1. The fourth-order valence-electron chi connectivity index (χ4n) is 2.78. The van der Waals surface area contributed by atoms with Crippen LogP contribution in [0.1, 0.15) is 0 Å². The highest BCUT2D eigenvalue weighted by Gasteiger charge is 2.19. The quantitative estimate of drug-likeness (QED) is 0.443. The minimum absolute atomic E-state index is 0.0184. The fraction of sp³-hybridized carbons (Fsp3) is 0. The molecule has 0 aliphatic carbocycles. The van der Waals surface area contributed by atoms with E-state index in [4.69, 9.17) is 23.2 Å². The summed E-state index contributed by atoms with van der Waals surface area (Å²) in [6, 6.07) is 10.9. The molecular formula is C18H10Cl2N5O3. The van der Waals surface area contributed by atoms with Gasteiger partial charge in [-0.25, -0.2) is 19.3 Å². The number of hydrogen-bond donors (Lipinski definition) is 3. The van der Waals surface area contributed by atoms with Crippen LogP contribution in [0.3, 0.4) is 0 Å². The second kappa shape index (κ2) is 6.99. The van der Waals surface area contributed by atoms with E-state index < -0.39 is 5.69 Å². The lowest BCUT2D eigenvalue weighted by Crippen LogP contribution is -2.15. The maximum absolute atomic E-state index is 12.6. The number of aromatic amines is 1. The summed E-state index contributed by atoms with van der Waals surface area (Å²) < 4.78 is 1.25. The summed E-state index contributed by atoms with van der Waals surface area (Å²) >= 11 is 12.2. The van der Waals surface area contributed by atoms with Gasteiger partial charge < -0.3 is 15.4 Å². The summed E-state index contributed by atoms with van der Waals surface area (Å²) in [5.41, 5.74) is 0.682. The summed E-state index contributed by atoms with van der Waals surface area (Å²) in [6.45, 7) is 0. The summed E-state index contributed by atoms with van der Waals surface area (Å²) in [7, 11) is 0. The van der Waals surface area contributed by atoms with E-state index in [-0.39, 0.29) is 33.6 Å². The Hall–Kier alpha value is -3.36. The molecule has 1 radical (unpaired) electrons. The number of nitrogens with one attached hydrogen (secondary N) is 2. The van der Waals surface area contributed by atoms with Gasteiger partial charge in [0, 0.05) is 10.6 Å². The van der Waals surface area contributed by atoms with Crippen LogP contribution >= 0.6 is 23.2 Å². The van der Waals surface area contributed by atoms with Crippen LogP contribution in [0.15, 0.2) is 47.3 Å². The number of halogens is 2. The number of phenolic OH excluding ortho intramolecular Hbond substituents is 1. The molecule has 3 N–H and O–H groups in total. The van der Waals surface area contributed by atoms with Gasteiger partial charge >= 0.3 is 12.1 Å². The molecule has 139 valence electrons. The number of H-pyrrole nitrogens is 1. The van der Waals surface area contributed by atoms with Crippen molar-refractivity contribution in [2.45, 2.75) is 0 Å². The number of aromatic nitrogens is 4. The highest BCUT2D eigenvalue weighted by atomic mass is 35.5. The number of phenols is 1. The maximum Gasteiger partial charge on any atom is 0.332 e. The van der Waals surface area contributed by atoms with Crippen LogP contribution in [0.2, 0.25) is 10.0 Å². The molecule has 2 heterocycles. The number of rotatable bonds is 4. The number of hydrogen-bond acceptors (Lipinski definition) is 5. The topological polar surface area (TPSA) is 113 Å². The van der Waals surface area contributed by atoms with Crippen molar-refractivity contribution in [3.8, 4) is 22.8 Å². The predicted molar refractivity (Wildman–Crippen MR) is 106 cm³/mol. The van der Waals surface area contributed by atoms with Gasteiger partial charge in [0.15, 0.2) is 17.3 Å². The van der Waals surface area contributed by atoms with Crippen molar-refractivity contribution in [2.24, 2.45) is 0 Å². The first-order valence-electron chi connectivity index (χ1n) is 7.88. The van der Waals surface area contributed by atoms with Crippen molar-refractivity contribution < 1.29 is 9.90 Å². The van der Waals surface area contributed by atoms with Gasteiger partial charge in [0.1, 0.15) is 11.3 Å². The molecule has 2 aromatic heterocycles. The third-order valence-electron chi connectivity index (χ3n) is 3.96. The maximum atomic E-state index is 12.6. The predicted octanol–water partition coefficient (Wildman–Crippen LogP) is 3.27. The third-order valence-corrected chi connectivity index (χ3v) is 4.50. The Balaban J connectivity index is 2.05. The Morgan fingerprint density at radius 1 is 1.14 bits per heavy atom. The van der Waals surface area contributed by atoms with Gasteiger partial charge in [0.05, 0.1) is 10.7 Å². The molecule has 28 heavy (non-hydrogen) atoms. The van der Waals surface area contributed by atoms with E-state index in [2.05, 4.69) is 20.3 Å². The minimum atomic E-state index is -0.532. The van der Waals surface area contributed by atoms with Gasteiger partial charge in [-0.3, -0.25) is 4.79 Å². The van der Waals surface area contributed by atoms with Crippen LogP contribution in [0, 0.1) is 0 Å². The second-order valence-electron chi connectivity index (χ2n) is 5.73. The second-order valence-corrected chi connectivity index (χ2v) is 6.58. The van der Waals surface area contributed by atoms with E-state index in [0.717, 1.165) is 0 Å². The molecule has 10 heteroatoms. The van der Waals surface area contributed by atoms with E-state index in [1.54, 1.807) is 24.3 Å². The van der Waals surface area contributed by atoms with E-state index in [1.807, 2.05) is 0 Å². The van der Waals surface area contributed by atoms with Crippen LogP contribution in [0.25, 0.3) is 28.2 Å². The first-order chi connectivity index (χ1) is 13.5. The van der Waals surface area contributed by atoms with Crippen molar-refractivity contribution in [2.75, 3.05) is 5.32 Å². The molecule has 0 aliphatic heterocycles. The number of imidazole rings is 1. The molecule has 4 rings (SSSR count). The lowest BCUT2D eigenvalue weighted by molar-refractivity contribution is 0.475. The van der Waals surface area contributed by atoms with Crippen molar-refractivity contribution in [3.05, 3.63) is 63.0 Å². The molecule has 0 fully saturated rings. The Morgan fingerprint density at radius 3 is 2.68 bits per heavy atom. The highest BCUT2D eigenvalue weighted by molar-refractivity contribution is 6.35. The molecule has 0 aliphatic rings. The van der Waals surface area contributed by atoms with Crippen molar-refractivity contribution in [1.82, 2.24) is 19.5 Å². The molecule has 4 aromatic rings.